The van der Waals surface area contributed by atoms with Crippen LogP contribution in [0, 0.1) is 6.92 Å². The first-order chi connectivity index (χ1) is 13.3. The average molecular weight is 352 g/mol. The van der Waals surface area contributed by atoms with E-state index in [1.165, 1.54) is 16.7 Å². The summed E-state index contributed by atoms with van der Waals surface area (Å²) in [7, 11) is 0. The molecule has 5 rings (SSSR count). The highest BCUT2D eigenvalue weighted by molar-refractivity contribution is 5.93. The third-order valence-electron chi connectivity index (χ3n) is 5.26. The minimum absolute atomic E-state index is 0.732. The SMILES string of the molecule is Cc1cccc2nc(-c3cccnc3)nc(N3CCc4ccccc4C3)c12. The molecule has 3 heterocycles. The van der Waals surface area contributed by atoms with Gasteiger partial charge in [-0.15, -0.1) is 0 Å². The molecule has 2 aromatic carbocycles. The van der Waals surface area contributed by atoms with E-state index in [0.29, 0.717) is 0 Å². The molecule has 0 saturated heterocycles. The van der Waals surface area contributed by atoms with Crippen LogP contribution in [0.4, 0.5) is 5.82 Å². The van der Waals surface area contributed by atoms with Gasteiger partial charge in [-0.1, -0.05) is 36.4 Å². The molecule has 0 amide bonds. The molecule has 1 aliphatic heterocycles. The van der Waals surface area contributed by atoms with Crippen LogP contribution in [0.1, 0.15) is 16.7 Å². The van der Waals surface area contributed by atoms with Gasteiger partial charge >= 0.3 is 0 Å². The van der Waals surface area contributed by atoms with Crippen LogP contribution in [0.15, 0.2) is 67.0 Å². The van der Waals surface area contributed by atoms with E-state index in [4.69, 9.17) is 9.97 Å². The van der Waals surface area contributed by atoms with E-state index in [0.717, 1.165) is 47.6 Å². The second kappa shape index (κ2) is 6.47. The highest BCUT2D eigenvalue weighted by Gasteiger charge is 2.21. The van der Waals surface area contributed by atoms with Gasteiger partial charge in [-0.05, 0) is 48.2 Å². The molecule has 4 nitrogen and oxygen atoms in total. The van der Waals surface area contributed by atoms with E-state index < -0.39 is 0 Å². The molecule has 0 N–H and O–H groups in total. The Hall–Kier alpha value is -3.27. The van der Waals surface area contributed by atoms with Gasteiger partial charge < -0.3 is 4.90 Å². The zero-order valence-corrected chi connectivity index (χ0v) is 15.3. The Morgan fingerprint density at radius 1 is 0.889 bits per heavy atom. The normalized spacial score (nSPS) is 13.6. The maximum Gasteiger partial charge on any atom is 0.163 e. The van der Waals surface area contributed by atoms with Crippen LogP contribution in [0.5, 0.6) is 0 Å². The topological polar surface area (TPSA) is 41.9 Å². The van der Waals surface area contributed by atoms with Crippen molar-refractivity contribution >= 4 is 16.7 Å². The molecule has 0 spiro atoms. The standard InChI is InChI=1S/C23H20N4/c1-16-6-4-10-20-21(16)23(26-22(25-20)18-9-5-12-24-14-18)27-13-11-17-7-2-3-8-19(17)15-27/h2-10,12,14H,11,13,15H2,1H3. The first-order valence-electron chi connectivity index (χ1n) is 9.29. The van der Waals surface area contributed by atoms with E-state index in [2.05, 4.69) is 59.3 Å². The van der Waals surface area contributed by atoms with Crippen molar-refractivity contribution in [2.24, 2.45) is 0 Å². The summed E-state index contributed by atoms with van der Waals surface area (Å²) in [5.74, 6) is 1.75. The summed E-state index contributed by atoms with van der Waals surface area (Å²) in [6, 6.07) is 18.9. The molecule has 2 aromatic heterocycles. The fourth-order valence-corrected chi connectivity index (χ4v) is 3.86. The number of hydrogen-bond acceptors (Lipinski definition) is 4. The molecule has 4 heteroatoms. The molecule has 0 fully saturated rings. The highest BCUT2D eigenvalue weighted by Crippen LogP contribution is 2.32. The first kappa shape index (κ1) is 15.9. The number of nitrogens with zero attached hydrogens (tertiary/aromatic N) is 4. The van der Waals surface area contributed by atoms with Crippen molar-refractivity contribution in [2.45, 2.75) is 19.9 Å². The lowest BCUT2D eigenvalue weighted by molar-refractivity contribution is 0.723. The largest absolute Gasteiger partial charge is 0.351 e. The molecular weight excluding hydrogens is 332 g/mol. The average Bonchev–Trinajstić information content (AvgIpc) is 2.73. The molecule has 0 atom stereocenters. The van der Waals surface area contributed by atoms with Gasteiger partial charge in [0, 0.05) is 36.4 Å². The fraction of sp³-hybridized carbons (Fsp3) is 0.174. The summed E-state index contributed by atoms with van der Waals surface area (Å²) in [4.78, 5) is 16.5. The van der Waals surface area contributed by atoms with Crippen molar-refractivity contribution in [3.05, 3.63) is 83.7 Å². The van der Waals surface area contributed by atoms with Gasteiger partial charge in [0.25, 0.3) is 0 Å². The maximum absolute atomic E-state index is 5.00. The number of anilines is 1. The number of fused-ring (bicyclic) bond motifs is 2. The zero-order valence-electron chi connectivity index (χ0n) is 15.3. The Morgan fingerprint density at radius 2 is 1.78 bits per heavy atom. The van der Waals surface area contributed by atoms with Crippen LogP contribution in [-0.4, -0.2) is 21.5 Å². The van der Waals surface area contributed by atoms with Crippen LogP contribution in [-0.2, 0) is 13.0 Å². The predicted octanol–water partition coefficient (Wildman–Crippen LogP) is 4.56. The lowest BCUT2D eigenvalue weighted by Crippen LogP contribution is -2.31. The van der Waals surface area contributed by atoms with Crippen LogP contribution in [0.3, 0.4) is 0 Å². The highest BCUT2D eigenvalue weighted by atomic mass is 15.2. The Morgan fingerprint density at radius 3 is 2.63 bits per heavy atom. The molecule has 1 aliphatic rings. The zero-order chi connectivity index (χ0) is 18.2. The summed E-state index contributed by atoms with van der Waals surface area (Å²) in [6.07, 6.45) is 4.64. The van der Waals surface area contributed by atoms with E-state index >= 15 is 0 Å². The number of aromatic nitrogens is 3. The third kappa shape index (κ3) is 2.83. The molecule has 0 bridgehead atoms. The lowest BCUT2D eigenvalue weighted by atomic mass is 9.99. The Labute approximate surface area is 158 Å². The molecule has 0 aliphatic carbocycles. The minimum atomic E-state index is 0.732. The van der Waals surface area contributed by atoms with Gasteiger partial charge in [-0.25, -0.2) is 9.97 Å². The van der Waals surface area contributed by atoms with E-state index in [9.17, 15) is 0 Å². The summed E-state index contributed by atoms with van der Waals surface area (Å²) < 4.78 is 0. The number of benzene rings is 2. The summed E-state index contributed by atoms with van der Waals surface area (Å²) >= 11 is 0. The van der Waals surface area contributed by atoms with E-state index in [-0.39, 0.29) is 0 Å². The van der Waals surface area contributed by atoms with Crippen LogP contribution in [0.25, 0.3) is 22.3 Å². The van der Waals surface area contributed by atoms with Crippen molar-refractivity contribution in [3.8, 4) is 11.4 Å². The number of pyridine rings is 1. The van der Waals surface area contributed by atoms with Crippen LogP contribution < -0.4 is 4.90 Å². The molecule has 27 heavy (non-hydrogen) atoms. The van der Waals surface area contributed by atoms with Crippen molar-refractivity contribution < 1.29 is 0 Å². The molecule has 0 radical (unpaired) electrons. The van der Waals surface area contributed by atoms with Crippen LogP contribution in [0.2, 0.25) is 0 Å². The molecule has 132 valence electrons. The maximum atomic E-state index is 5.00. The van der Waals surface area contributed by atoms with Crippen molar-refractivity contribution in [1.29, 1.82) is 0 Å². The van der Waals surface area contributed by atoms with Gasteiger partial charge in [0.15, 0.2) is 5.82 Å². The summed E-state index contributed by atoms with van der Waals surface area (Å²) in [6.45, 7) is 3.98. The van der Waals surface area contributed by atoms with Gasteiger partial charge in [-0.3, -0.25) is 4.98 Å². The summed E-state index contributed by atoms with van der Waals surface area (Å²) in [5.41, 5.74) is 5.96. The predicted molar refractivity (Wildman–Crippen MR) is 109 cm³/mol. The quantitative estimate of drug-likeness (QED) is 0.530. The number of aryl methyl sites for hydroxylation is 1. The Kier molecular flexibility index (Phi) is 3.82. The second-order valence-corrected chi connectivity index (χ2v) is 7.02. The Balaban J connectivity index is 1.69. The van der Waals surface area contributed by atoms with Gasteiger partial charge in [0.2, 0.25) is 0 Å². The van der Waals surface area contributed by atoms with Crippen molar-refractivity contribution in [3.63, 3.8) is 0 Å². The van der Waals surface area contributed by atoms with Crippen molar-refractivity contribution in [2.75, 3.05) is 11.4 Å². The minimum Gasteiger partial charge on any atom is -0.351 e. The molecule has 0 unspecified atom stereocenters. The smallest absolute Gasteiger partial charge is 0.163 e. The summed E-state index contributed by atoms with van der Waals surface area (Å²) in [5, 5.41) is 1.14. The monoisotopic (exact) mass is 352 g/mol. The third-order valence-corrected chi connectivity index (χ3v) is 5.26. The van der Waals surface area contributed by atoms with E-state index in [1.54, 1.807) is 6.20 Å². The van der Waals surface area contributed by atoms with E-state index in [1.807, 2.05) is 18.3 Å². The first-order valence-corrected chi connectivity index (χ1v) is 9.29. The molecular formula is C23H20N4. The van der Waals surface area contributed by atoms with Gasteiger partial charge in [0.05, 0.1) is 5.52 Å². The number of rotatable bonds is 2. The van der Waals surface area contributed by atoms with Crippen molar-refractivity contribution in [1.82, 2.24) is 15.0 Å². The van der Waals surface area contributed by atoms with Crippen LogP contribution >= 0.6 is 0 Å². The van der Waals surface area contributed by atoms with Gasteiger partial charge in [0.1, 0.15) is 5.82 Å². The molecule has 0 saturated carbocycles. The number of hydrogen-bond donors (Lipinski definition) is 0. The second-order valence-electron chi connectivity index (χ2n) is 7.02. The molecule has 4 aromatic rings. The van der Waals surface area contributed by atoms with Gasteiger partial charge in [-0.2, -0.15) is 0 Å². The Bertz CT molecular complexity index is 1120. The fourth-order valence-electron chi connectivity index (χ4n) is 3.86. The lowest BCUT2D eigenvalue weighted by Gasteiger charge is -2.31.